The van der Waals surface area contributed by atoms with E-state index in [1.165, 1.54) is 10.9 Å². The molecule has 15 heavy (non-hydrogen) atoms. The number of nitrogens with two attached hydrogens (primary N) is 1. The third-order valence-electron chi connectivity index (χ3n) is 2.46. The second-order valence-electron chi connectivity index (χ2n) is 3.37. The van der Waals surface area contributed by atoms with Crippen molar-refractivity contribution in [3.8, 4) is 5.75 Å². The van der Waals surface area contributed by atoms with Crippen LogP contribution in [0, 0.1) is 0 Å². The van der Waals surface area contributed by atoms with E-state index in [1.807, 2.05) is 18.2 Å². The zero-order valence-electron chi connectivity index (χ0n) is 8.51. The number of halogens is 1. The predicted molar refractivity (Wildman–Crippen MR) is 65.3 cm³/mol. The maximum absolute atomic E-state index is 5.58. The molecule has 0 radical (unpaired) electrons. The lowest BCUT2D eigenvalue weighted by atomic mass is 10.1. The van der Waals surface area contributed by atoms with Crippen LogP contribution < -0.4 is 10.5 Å². The first-order chi connectivity index (χ1) is 7.26. The Morgan fingerprint density at radius 1 is 1.47 bits per heavy atom. The maximum Gasteiger partial charge on any atom is 0.119 e. The summed E-state index contributed by atoms with van der Waals surface area (Å²) in [6, 6.07) is 5.98. The van der Waals surface area contributed by atoms with Crippen molar-refractivity contribution < 1.29 is 4.74 Å². The van der Waals surface area contributed by atoms with Crippen LogP contribution in [0.2, 0.25) is 0 Å². The van der Waals surface area contributed by atoms with Gasteiger partial charge in [-0.15, -0.1) is 0 Å². The molecule has 0 saturated carbocycles. The van der Waals surface area contributed by atoms with Gasteiger partial charge in [-0.2, -0.15) is 0 Å². The first-order valence-corrected chi connectivity index (χ1v) is 5.59. The zero-order valence-corrected chi connectivity index (χ0v) is 10.1. The van der Waals surface area contributed by atoms with Gasteiger partial charge in [0.1, 0.15) is 5.75 Å². The zero-order chi connectivity index (χ0) is 10.8. The lowest BCUT2D eigenvalue weighted by Crippen LogP contribution is -2.02. The highest BCUT2D eigenvalue weighted by molar-refractivity contribution is 9.10. The third kappa shape index (κ3) is 1.87. The molecule has 0 unspecified atom stereocenters. The SMILES string of the molecule is COc1ccc2[nH]c(Br)c(CCN)c2c1. The summed E-state index contributed by atoms with van der Waals surface area (Å²) in [5, 5.41) is 1.17. The van der Waals surface area contributed by atoms with Crippen molar-refractivity contribution in [2.24, 2.45) is 5.73 Å². The summed E-state index contributed by atoms with van der Waals surface area (Å²) in [4.78, 5) is 3.27. The van der Waals surface area contributed by atoms with E-state index in [0.29, 0.717) is 6.54 Å². The molecule has 0 bridgehead atoms. The van der Waals surface area contributed by atoms with Crippen molar-refractivity contribution in [2.45, 2.75) is 6.42 Å². The van der Waals surface area contributed by atoms with Gasteiger partial charge in [-0.1, -0.05) is 0 Å². The van der Waals surface area contributed by atoms with Crippen molar-refractivity contribution in [1.82, 2.24) is 4.98 Å². The molecule has 1 aromatic heterocycles. The number of rotatable bonds is 3. The fraction of sp³-hybridized carbons (Fsp3) is 0.273. The molecule has 0 atom stereocenters. The van der Waals surface area contributed by atoms with Gasteiger partial charge in [-0.05, 0) is 52.7 Å². The molecule has 0 aliphatic carbocycles. The highest BCUT2D eigenvalue weighted by Gasteiger charge is 2.09. The number of methoxy groups -OCH3 is 1. The highest BCUT2D eigenvalue weighted by Crippen LogP contribution is 2.29. The molecule has 0 aliphatic heterocycles. The number of hydrogen-bond acceptors (Lipinski definition) is 2. The van der Waals surface area contributed by atoms with Crippen LogP contribution in [0.3, 0.4) is 0 Å². The predicted octanol–water partition coefficient (Wildman–Crippen LogP) is 2.44. The van der Waals surface area contributed by atoms with Gasteiger partial charge in [0, 0.05) is 10.9 Å². The fourth-order valence-corrected chi connectivity index (χ4v) is 2.34. The van der Waals surface area contributed by atoms with E-state index in [4.69, 9.17) is 10.5 Å². The lowest BCUT2D eigenvalue weighted by Gasteiger charge is -2.01. The molecule has 0 saturated heterocycles. The number of aromatic nitrogens is 1. The number of hydrogen-bond donors (Lipinski definition) is 2. The Labute approximate surface area is 96.7 Å². The average Bonchev–Trinajstić information content (AvgIpc) is 2.55. The summed E-state index contributed by atoms with van der Waals surface area (Å²) in [6.45, 7) is 0.642. The topological polar surface area (TPSA) is 51.0 Å². The third-order valence-corrected chi connectivity index (χ3v) is 3.13. The first kappa shape index (κ1) is 10.5. The minimum Gasteiger partial charge on any atom is -0.497 e. The number of aromatic amines is 1. The minimum atomic E-state index is 0.642. The average molecular weight is 269 g/mol. The molecule has 0 amide bonds. The second-order valence-corrected chi connectivity index (χ2v) is 4.16. The van der Waals surface area contributed by atoms with Crippen LogP contribution in [0.5, 0.6) is 5.75 Å². The van der Waals surface area contributed by atoms with E-state index in [1.54, 1.807) is 7.11 Å². The largest absolute Gasteiger partial charge is 0.497 e. The molecule has 1 aromatic carbocycles. The molecule has 3 nitrogen and oxygen atoms in total. The molecule has 2 rings (SSSR count). The standard InChI is InChI=1S/C11H13BrN2O/c1-15-7-2-3-10-9(6-7)8(4-5-13)11(12)14-10/h2-3,6,14H,4-5,13H2,1H3. The van der Waals surface area contributed by atoms with E-state index < -0.39 is 0 Å². The van der Waals surface area contributed by atoms with Crippen LogP contribution in [0.15, 0.2) is 22.8 Å². The summed E-state index contributed by atoms with van der Waals surface area (Å²) in [7, 11) is 1.67. The molecule has 3 N–H and O–H groups in total. The smallest absolute Gasteiger partial charge is 0.119 e. The van der Waals surface area contributed by atoms with Crippen molar-refractivity contribution in [1.29, 1.82) is 0 Å². The molecule has 1 heterocycles. The number of fused-ring (bicyclic) bond motifs is 1. The van der Waals surface area contributed by atoms with Crippen molar-refractivity contribution in [3.63, 3.8) is 0 Å². The Morgan fingerprint density at radius 3 is 2.93 bits per heavy atom. The van der Waals surface area contributed by atoms with Crippen molar-refractivity contribution in [3.05, 3.63) is 28.4 Å². The van der Waals surface area contributed by atoms with E-state index in [9.17, 15) is 0 Å². The number of nitrogens with one attached hydrogen (secondary N) is 1. The van der Waals surface area contributed by atoms with Gasteiger partial charge < -0.3 is 15.5 Å². The lowest BCUT2D eigenvalue weighted by molar-refractivity contribution is 0.415. The van der Waals surface area contributed by atoms with Crippen LogP contribution >= 0.6 is 15.9 Å². The van der Waals surface area contributed by atoms with Gasteiger partial charge in [0.15, 0.2) is 0 Å². The highest BCUT2D eigenvalue weighted by atomic mass is 79.9. The number of ether oxygens (including phenoxy) is 1. The van der Waals surface area contributed by atoms with Crippen LogP contribution in [-0.4, -0.2) is 18.6 Å². The molecule has 0 aliphatic rings. The van der Waals surface area contributed by atoms with Gasteiger partial charge in [0.05, 0.1) is 11.7 Å². The Kier molecular flexibility index (Phi) is 2.98. The molecule has 2 aromatic rings. The van der Waals surface area contributed by atoms with Crippen LogP contribution in [0.1, 0.15) is 5.56 Å². The molecule has 0 spiro atoms. The monoisotopic (exact) mass is 268 g/mol. The Hall–Kier alpha value is -1.00. The Balaban J connectivity index is 2.61. The first-order valence-electron chi connectivity index (χ1n) is 4.80. The summed E-state index contributed by atoms with van der Waals surface area (Å²) < 4.78 is 6.21. The van der Waals surface area contributed by atoms with E-state index >= 15 is 0 Å². The molecule has 80 valence electrons. The second kappa shape index (κ2) is 4.24. The minimum absolute atomic E-state index is 0.642. The van der Waals surface area contributed by atoms with Gasteiger partial charge >= 0.3 is 0 Å². The quantitative estimate of drug-likeness (QED) is 0.899. The molecular formula is C11H13BrN2O. The summed E-state index contributed by atoms with van der Waals surface area (Å²) >= 11 is 3.51. The van der Waals surface area contributed by atoms with Gasteiger partial charge in [-0.25, -0.2) is 0 Å². The van der Waals surface area contributed by atoms with Gasteiger partial charge in [0.25, 0.3) is 0 Å². The number of H-pyrrole nitrogens is 1. The normalized spacial score (nSPS) is 10.9. The maximum atomic E-state index is 5.58. The van der Waals surface area contributed by atoms with Crippen molar-refractivity contribution in [2.75, 3.05) is 13.7 Å². The summed E-state index contributed by atoms with van der Waals surface area (Å²) in [5.74, 6) is 0.868. The Bertz CT molecular complexity index is 479. The summed E-state index contributed by atoms with van der Waals surface area (Å²) in [6.07, 6.45) is 0.855. The van der Waals surface area contributed by atoms with Crippen molar-refractivity contribution >= 4 is 26.8 Å². The molecule has 0 fully saturated rings. The summed E-state index contributed by atoms with van der Waals surface area (Å²) in [5.41, 5.74) is 7.90. The van der Waals surface area contributed by atoms with Crippen LogP contribution in [-0.2, 0) is 6.42 Å². The van der Waals surface area contributed by atoms with Crippen LogP contribution in [0.4, 0.5) is 0 Å². The van der Waals surface area contributed by atoms with Crippen LogP contribution in [0.25, 0.3) is 10.9 Å². The molecule has 4 heteroatoms. The van der Waals surface area contributed by atoms with E-state index in [0.717, 1.165) is 22.3 Å². The fourth-order valence-electron chi connectivity index (χ4n) is 1.71. The number of benzene rings is 1. The van der Waals surface area contributed by atoms with E-state index in [-0.39, 0.29) is 0 Å². The van der Waals surface area contributed by atoms with Gasteiger partial charge in [0.2, 0.25) is 0 Å². The Morgan fingerprint density at radius 2 is 2.27 bits per heavy atom. The van der Waals surface area contributed by atoms with Gasteiger partial charge in [-0.3, -0.25) is 0 Å². The van der Waals surface area contributed by atoms with E-state index in [2.05, 4.69) is 20.9 Å². The molecular weight excluding hydrogens is 256 g/mol.